The van der Waals surface area contributed by atoms with Crippen molar-refractivity contribution in [1.82, 2.24) is 10.3 Å². The van der Waals surface area contributed by atoms with Crippen molar-refractivity contribution in [2.45, 2.75) is 19.9 Å². The number of hydrogen-bond donors (Lipinski definition) is 3. The van der Waals surface area contributed by atoms with E-state index in [0.29, 0.717) is 18.7 Å². The molecule has 0 saturated carbocycles. The molecule has 0 bridgehead atoms. The summed E-state index contributed by atoms with van der Waals surface area (Å²) in [6.07, 6.45) is 2.60. The summed E-state index contributed by atoms with van der Waals surface area (Å²) in [5.74, 6) is -0.0518. The minimum atomic E-state index is -0.110. The monoisotopic (exact) mass is 285 g/mol. The Morgan fingerprint density at radius 2 is 1.90 bits per heavy atom. The van der Waals surface area contributed by atoms with Gasteiger partial charge in [0.15, 0.2) is 0 Å². The smallest absolute Gasteiger partial charge is 0.251 e. The minimum absolute atomic E-state index is 0.0518. The first kappa shape index (κ1) is 14.8. The molecule has 0 fully saturated rings. The lowest BCUT2D eigenvalue weighted by atomic mass is 10.2. The van der Waals surface area contributed by atoms with Crippen LogP contribution in [-0.4, -0.2) is 17.4 Å². The zero-order chi connectivity index (χ0) is 15.1. The maximum atomic E-state index is 11.8. The second kappa shape index (κ2) is 7.28. The summed E-state index contributed by atoms with van der Waals surface area (Å²) in [6.45, 7) is 3.31. The average Bonchev–Trinajstić information content (AvgIpc) is 2.52. The summed E-state index contributed by atoms with van der Waals surface area (Å²) in [5.41, 5.74) is 2.45. The molecule has 1 amide bonds. The van der Waals surface area contributed by atoms with Crippen LogP contribution >= 0.6 is 0 Å². The summed E-state index contributed by atoms with van der Waals surface area (Å²) >= 11 is 0. The molecule has 21 heavy (non-hydrogen) atoms. The number of nitrogens with one attached hydrogen (secondary N) is 3. The molecule has 0 saturated heterocycles. The SMILES string of the molecule is CCCNC(=O)c1ccc(NCc2ccc(=O)[nH]c2)cc1. The highest BCUT2D eigenvalue weighted by atomic mass is 16.1. The number of amides is 1. The molecule has 110 valence electrons. The molecular formula is C16H19N3O2. The molecule has 1 aromatic carbocycles. The van der Waals surface area contributed by atoms with Gasteiger partial charge in [0.25, 0.3) is 5.91 Å². The van der Waals surface area contributed by atoms with E-state index in [2.05, 4.69) is 15.6 Å². The Labute approximate surface area is 123 Å². The molecule has 0 aliphatic carbocycles. The van der Waals surface area contributed by atoms with Gasteiger partial charge in [-0.2, -0.15) is 0 Å². The Bertz CT molecular complexity index is 627. The normalized spacial score (nSPS) is 10.1. The lowest BCUT2D eigenvalue weighted by Crippen LogP contribution is -2.23. The molecule has 3 N–H and O–H groups in total. The van der Waals surface area contributed by atoms with Gasteiger partial charge in [-0.25, -0.2) is 0 Å². The van der Waals surface area contributed by atoms with Gasteiger partial charge >= 0.3 is 0 Å². The Kier molecular flexibility index (Phi) is 5.15. The highest BCUT2D eigenvalue weighted by Crippen LogP contribution is 2.10. The predicted octanol–water partition coefficient (Wildman–Crippen LogP) is 2.13. The summed E-state index contributed by atoms with van der Waals surface area (Å²) in [5, 5.41) is 6.07. The van der Waals surface area contributed by atoms with E-state index in [4.69, 9.17) is 0 Å². The largest absolute Gasteiger partial charge is 0.381 e. The molecule has 2 rings (SSSR count). The van der Waals surface area contributed by atoms with E-state index in [1.165, 1.54) is 6.07 Å². The third-order valence-electron chi connectivity index (χ3n) is 3.03. The number of pyridine rings is 1. The van der Waals surface area contributed by atoms with Gasteiger partial charge in [-0.15, -0.1) is 0 Å². The van der Waals surface area contributed by atoms with Crippen molar-refractivity contribution in [2.24, 2.45) is 0 Å². The summed E-state index contributed by atoms with van der Waals surface area (Å²) in [4.78, 5) is 25.4. The molecule has 1 aromatic heterocycles. The standard InChI is InChI=1S/C16H19N3O2/c1-2-9-17-16(21)13-4-6-14(7-5-13)18-10-12-3-8-15(20)19-11-12/h3-8,11,18H,2,9-10H2,1H3,(H,17,21)(H,19,20). The zero-order valence-electron chi connectivity index (χ0n) is 12.0. The van der Waals surface area contributed by atoms with Crippen LogP contribution in [0.15, 0.2) is 47.4 Å². The molecule has 5 nitrogen and oxygen atoms in total. The van der Waals surface area contributed by atoms with E-state index >= 15 is 0 Å². The molecule has 0 unspecified atom stereocenters. The fourth-order valence-electron chi connectivity index (χ4n) is 1.84. The first-order valence-corrected chi connectivity index (χ1v) is 6.99. The van der Waals surface area contributed by atoms with Gasteiger partial charge in [-0.1, -0.05) is 13.0 Å². The van der Waals surface area contributed by atoms with Gasteiger partial charge in [0.1, 0.15) is 0 Å². The second-order valence-corrected chi connectivity index (χ2v) is 4.75. The summed E-state index contributed by atoms with van der Waals surface area (Å²) < 4.78 is 0. The summed E-state index contributed by atoms with van der Waals surface area (Å²) in [6, 6.07) is 10.6. The van der Waals surface area contributed by atoms with Gasteiger partial charge in [0, 0.05) is 36.6 Å². The van der Waals surface area contributed by atoms with Crippen LogP contribution in [0.5, 0.6) is 0 Å². The Morgan fingerprint density at radius 3 is 2.52 bits per heavy atom. The molecule has 0 spiro atoms. The fraction of sp³-hybridized carbons (Fsp3) is 0.250. The van der Waals surface area contributed by atoms with E-state index in [9.17, 15) is 9.59 Å². The second-order valence-electron chi connectivity index (χ2n) is 4.75. The van der Waals surface area contributed by atoms with Crippen molar-refractivity contribution in [2.75, 3.05) is 11.9 Å². The lowest BCUT2D eigenvalue weighted by Gasteiger charge is -2.08. The molecule has 0 radical (unpaired) electrons. The number of carbonyl (C=O) groups excluding carboxylic acids is 1. The van der Waals surface area contributed by atoms with Gasteiger partial charge in [0.2, 0.25) is 5.56 Å². The molecule has 5 heteroatoms. The van der Waals surface area contributed by atoms with Crippen LogP contribution in [0.1, 0.15) is 29.3 Å². The van der Waals surface area contributed by atoms with Crippen LogP contribution in [0.4, 0.5) is 5.69 Å². The van der Waals surface area contributed by atoms with Crippen molar-refractivity contribution in [1.29, 1.82) is 0 Å². The van der Waals surface area contributed by atoms with Crippen LogP contribution in [0.2, 0.25) is 0 Å². The maximum absolute atomic E-state index is 11.8. The van der Waals surface area contributed by atoms with Crippen LogP contribution in [-0.2, 0) is 6.54 Å². The molecule has 1 heterocycles. The highest BCUT2D eigenvalue weighted by molar-refractivity contribution is 5.94. The molecular weight excluding hydrogens is 266 g/mol. The van der Waals surface area contributed by atoms with Gasteiger partial charge in [-0.05, 0) is 36.2 Å². The summed E-state index contributed by atoms with van der Waals surface area (Å²) in [7, 11) is 0. The number of aromatic amines is 1. The minimum Gasteiger partial charge on any atom is -0.381 e. The highest BCUT2D eigenvalue weighted by Gasteiger charge is 2.03. The van der Waals surface area contributed by atoms with Crippen molar-refractivity contribution < 1.29 is 4.79 Å². The Morgan fingerprint density at radius 1 is 1.14 bits per heavy atom. The third kappa shape index (κ3) is 4.49. The number of benzene rings is 1. The number of H-pyrrole nitrogens is 1. The number of hydrogen-bond acceptors (Lipinski definition) is 3. The van der Waals surface area contributed by atoms with E-state index in [1.54, 1.807) is 24.4 Å². The maximum Gasteiger partial charge on any atom is 0.251 e. The van der Waals surface area contributed by atoms with Gasteiger partial charge in [0.05, 0.1) is 0 Å². The van der Waals surface area contributed by atoms with E-state index in [0.717, 1.165) is 17.7 Å². The van der Waals surface area contributed by atoms with E-state index in [-0.39, 0.29) is 11.5 Å². The Balaban J connectivity index is 1.91. The third-order valence-corrected chi connectivity index (χ3v) is 3.03. The van der Waals surface area contributed by atoms with Crippen LogP contribution in [0, 0.1) is 0 Å². The van der Waals surface area contributed by atoms with Crippen molar-refractivity contribution >= 4 is 11.6 Å². The van der Waals surface area contributed by atoms with Gasteiger partial charge < -0.3 is 15.6 Å². The predicted molar refractivity (Wildman–Crippen MR) is 83.5 cm³/mol. The quantitative estimate of drug-likeness (QED) is 0.761. The van der Waals surface area contributed by atoms with Crippen molar-refractivity contribution in [3.8, 4) is 0 Å². The Hall–Kier alpha value is -2.56. The molecule has 0 aliphatic rings. The van der Waals surface area contributed by atoms with Crippen molar-refractivity contribution in [3.05, 3.63) is 64.1 Å². The first-order chi connectivity index (χ1) is 10.2. The van der Waals surface area contributed by atoms with E-state index in [1.807, 2.05) is 19.1 Å². The molecule has 0 aliphatic heterocycles. The van der Waals surface area contributed by atoms with E-state index < -0.39 is 0 Å². The lowest BCUT2D eigenvalue weighted by molar-refractivity contribution is 0.0953. The molecule has 2 aromatic rings. The number of anilines is 1. The van der Waals surface area contributed by atoms with Crippen molar-refractivity contribution in [3.63, 3.8) is 0 Å². The van der Waals surface area contributed by atoms with Crippen LogP contribution in [0.3, 0.4) is 0 Å². The topological polar surface area (TPSA) is 74.0 Å². The van der Waals surface area contributed by atoms with Crippen LogP contribution < -0.4 is 16.2 Å². The van der Waals surface area contributed by atoms with Gasteiger partial charge in [-0.3, -0.25) is 9.59 Å². The van der Waals surface area contributed by atoms with Crippen LogP contribution in [0.25, 0.3) is 0 Å². The average molecular weight is 285 g/mol. The fourth-order valence-corrected chi connectivity index (χ4v) is 1.84. The first-order valence-electron chi connectivity index (χ1n) is 6.99. The number of aromatic nitrogens is 1. The molecule has 0 atom stereocenters. The number of rotatable bonds is 6. The zero-order valence-corrected chi connectivity index (χ0v) is 12.0. The number of carbonyl (C=O) groups is 1.